The molecule has 4 rings (SSSR count). The van der Waals surface area contributed by atoms with Gasteiger partial charge in [0.1, 0.15) is 0 Å². The van der Waals surface area contributed by atoms with E-state index < -0.39 is 0 Å². The van der Waals surface area contributed by atoms with Crippen LogP contribution in [0.5, 0.6) is 0 Å². The summed E-state index contributed by atoms with van der Waals surface area (Å²) < 4.78 is 0. The molecule has 22 heavy (non-hydrogen) atoms. The van der Waals surface area contributed by atoms with E-state index in [9.17, 15) is 0 Å². The van der Waals surface area contributed by atoms with Crippen molar-refractivity contribution < 1.29 is 0 Å². The lowest BCUT2D eigenvalue weighted by atomic mass is 9.99. The molecule has 1 aromatic heterocycles. The van der Waals surface area contributed by atoms with Crippen LogP contribution in [0.1, 0.15) is 18.4 Å². The Labute approximate surface area is 142 Å². The number of benzene rings is 1. The number of fused-ring (bicyclic) bond motifs is 2. The highest BCUT2D eigenvalue weighted by molar-refractivity contribution is 8.03. The molecule has 0 amide bonds. The zero-order valence-electron chi connectivity index (χ0n) is 11.7. The van der Waals surface area contributed by atoms with Gasteiger partial charge >= 0.3 is 0 Å². The molecule has 0 saturated carbocycles. The summed E-state index contributed by atoms with van der Waals surface area (Å²) in [7, 11) is 0. The number of nitrogens with one attached hydrogen (secondary N) is 1. The number of nitrogens with zero attached hydrogens (tertiary/aromatic N) is 2. The summed E-state index contributed by atoms with van der Waals surface area (Å²) in [4.78, 5) is 10.0. The zero-order valence-corrected chi connectivity index (χ0v) is 14.0. The van der Waals surface area contributed by atoms with Crippen molar-refractivity contribution in [3.05, 3.63) is 50.6 Å². The normalized spacial score (nSPS) is 18.0. The number of rotatable bonds is 1. The lowest BCUT2D eigenvalue weighted by Crippen LogP contribution is -2.20. The Kier molecular flexibility index (Phi) is 3.76. The molecule has 2 aliphatic heterocycles. The summed E-state index contributed by atoms with van der Waals surface area (Å²) >= 11 is 13.9. The van der Waals surface area contributed by atoms with Crippen molar-refractivity contribution in [2.45, 2.75) is 12.8 Å². The van der Waals surface area contributed by atoms with Crippen LogP contribution < -0.4 is 5.32 Å². The third kappa shape index (κ3) is 2.49. The lowest BCUT2D eigenvalue weighted by molar-refractivity contribution is 0.878. The average molecular weight is 350 g/mol. The molecule has 1 aromatic carbocycles. The maximum absolute atomic E-state index is 5.99. The molecule has 3 nitrogen and oxygen atoms in total. The molecule has 0 aliphatic carbocycles. The number of thioether (sulfide) groups is 1. The Morgan fingerprint density at radius 1 is 1.09 bits per heavy atom. The Balaban J connectivity index is 1.85. The quantitative estimate of drug-likeness (QED) is 0.812. The Morgan fingerprint density at radius 3 is 2.77 bits per heavy atom. The number of halogens is 2. The molecule has 2 aliphatic rings. The smallest absolute Gasteiger partial charge is 0.167 e. The third-order valence-corrected chi connectivity index (χ3v) is 5.71. The molecule has 0 radical (unpaired) electrons. The summed E-state index contributed by atoms with van der Waals surface area (Å²) in [5.74, 6) is 1.21. The van der Waals surface area contributed by atoms with E-state index in [0.29, 0.717) is 0 Å². The van der Waals surface area contributed by atoms with Crippen LogP contribution in [-0.2, 0) is 0 Å². The zero-order chi connectivity index (χ0) is 15.1. The first kappa shape index (κ1) is 14.4. The molecule has 1 N–H and O–H groups in total. The van der Waals surface area contributed by atoms with Crippen LogP contribution in [0, 0.1) is 0 Å². The number of dihydropyridines is 1. The van der Waals surface area contributed by atoms with Crippen molar-refractivity contribution in [2.75, 3.05) is 12.3 Å². The SMILES string of the molecule is Clc1nc2ccc(C3=C4CCCSC4=CCN3)cc2nc1Cl. The van der Waals surface area contributed by atoms with Crippen molar-refractivity contribution in [2.24, 2.45) is 0 Å². The predicted molar refractivity (Wildman–Crippen MR) is 94.3 cm³/mol. The molecule has 1 saturated heterocycles. The van der Waals surface area contributed by atoms with Gasteiger partial charge in [0.15, 0.2) is 10.3 Å². The fourth-order valence-corrected chi connectivity index (χ4v) is 4.22. The van der Waals surface area contributed by atoms with Gasteiger partial charge in [-0.15, -0.1) is 11.8 Å². The van der Waals surface area contributed by atoms with Crippen LogP contribution in [0.2, 0.25) is 10.3 Å². The van der Waals surface area contributed by atoms with Crippen molar-refractivity contribution in [3.8, 4) is 0 Å². The molecule has 0 atom stereocenters. The minimum atomic E-state index is 0.244. The molecule has 1 fully saturated rings. The van der Waals surface area contributed by atoms with Gasteiger partial charge in [0.2, 0.25) is 0 Å². The van der Waals surface area contributed by atoms with Crippen molar-refractivity contribution >= 4 is 51.7 Å². The molecule has 112 valence electrons. The number of hydrogen-bond acceptors (Lipinski definition) is 4. The highest BCUT2D eigenvalue weighted by Crippen LogP contribution is 2.39. The van der Waals surface area contributed by atoms with Crippen LogP contribution in [0.3, 0.4) is 0 Å². The highest BCUT2D eigenvalue weighted by atomic mass is 35.5. The maximum atomic E-state index is 5.99. The molecule has 2 aromatic rings. The van der Waals surface area contributed by atoms with Crippen molar-refractivity contribution in [1.82, 2.24) is 15.3 Å². The summed E-state index contributed by atoms with van der Waals surface area (Å²) in [5, 5.41) is 4.00. The molecular weight excluding hydrogens is 337 g/mol. The highest BCUT2D eigenvalue weighted by Gasteiger charge is 2.21. The van der Waals surface area contributed by atoms with Gasteiger partial charge in [-0.25, -0.2) is 9.97 Å². The maximum Gasteiger partial charge on any atom is 0.167 e. The summed E-state index contributed by atoms with van der Waals surface area (Å²) in [6, 6.07) is 6.05. The minimum absolute atomic E-state index is 0.244. The predicted octanol–water partition coefficient (Wildman–Crippen LogP) is 4.66. The molecule has 3 heterocycles. The van der Waals surface area contributed by atoms with E-state index in [1.54, 1.807) is 0 Å². The standard InChI is InChI=1S/C16H13Cl2N3S/c17-15-16(18)21-12-8-9(3-4-11(12)20-15)14-10-2-1-7-22-13(10)5-6-19-14/h3-5,8,19H,1-2,6-7H2. The number of aromatic nitrogens is 2. The van der Waals surface area contributed by atoms with E-state index >= 15 is 0 Å². The van der Waals surface area contributed by atoms with Crippen LogP contribution in [0.25, 0.3) is 16.7 Å². The lowest BCUT2D eigenvalue weighted by Gasteiger charge is -2.26. The molecule has 0 unspecified atom stereocenters. The van der Waals surface area contributed by atoms with Crippen LogP contribution in [0.4, 0.5) is 0 Å². The Hall–Kier alpha value is -1.23. The third-order valence-electron chi connectivity index (χ3n) is 3.87. The summed E-state index contributed by atoms with van der Waals surface area (Å²) in [6.45, 7) is 0.867. The van der Waals surface area contributed by atoms with E-state index in [-0.39, 0.29) is 10.3 Å². The van der Waals surface area contributed by atoms with Crippen LogP contribution in [-0.4, -0.2) is 22.3 Å². The molecular formula is C16H13Cl2N3S. The Bertz CT molecular complexity index is 829. The van der Waals surface area contributed by atoms with Gasteiger partial charge in [-0.2, -0.15) is 0 Å². The van der Waals surface area contributed by atoms with Gasteiger partial charge in [-0.1, -0.05) is 35.3 Å². The molecule has 6 heteroatoms. The van der Waals surface area contributed by atoms with Gasteiger partial charge in [0.25, 0.3) is 0 Å². The van der Waals surface area contributed by atoms with E-state index in [4.69, 9.17) is 23.2 Å². The fraction of sp³-hybridized carbons (Fsp3) is 0.250. The average Bonchev–Trinajstić information content (AvgIpc) is 2.55. The van der Waals surface area contributed by atoms with E-state index in [1.807, 2.05) is 23.9 Å². The van der Waals surface area contributed by atoms with Gasteiger partial charge in [0.05, 0.1) is 11.0 Å². The van der Waals surface area contributed by atoms with Crippen LogP contribution in [0.15, 0.2) is 34.8 Å². The largest absolute Gasteiger partial charge is 0.381 e. The first-order chi connectivity index (χ1) is 10.7. The van der Waals surface area contributed by atoms with Crippen LogP contribution >= 0.6 is 35.0 Å². The second-order valence-corrected chi connectivity index (χ2v) is 7.12. The minimum Gasteiger partial charge on any atom is -0.381 e. The van der Waals surface area contributed by atoms with Gasteiger partial charge in [0, 0.05) is 22.7 Å². The van der Waals surface area contributed by atoms with E-state index in [1.165, 1.54) is 28.3 Å². The van der Waals surface area contributed by atoms with E-state index in [0.717, 1.165) is 29.6 Å². The number of hydrogen-bond donors (Lipinski definition) is 1. The Morgan fingerprint density at radius 2 is 1.91 bits per heavy atom. The monoisotopic (exact) mass is 349 g/mol. The second kappa shape index (κ2) is 5.76. The topological polar surface area (TPSA) is 37.8 Å². The van der Waals surface area contributed by atoms with E-state index in [2.05, 4.69) is 27.4 Å². The first-order valence-electron chi connectivity index (χ1n) is 7.16. The summed E-state index contributed by atoms with van der Waals surface area (Å²) in [5.41, 5.74) is 5.27. The second-order valence-electron chi connectivity index (χ2n) is 5.26. The number of allylic oxidation sites excluding steroid dienone is 1. The molecule has 0 bridgehead atoms. The summed E-state index contributed by atoms with van der Waals surface area (Å²) in [6.07, 6.45) is 4.61. The van der Waals surface area contributed by atoms with Gasteiger partial charge < -0.3 is 5.32 Å². The fourth-order valence-electron chi connectivity index (χ4n) is 2.87. The van der Waals surface area contributed by atoms with Crippen molar-refractivity contribution in [1.29, 1.82) is 0 Å². The van der Waals surface area contributed by atoms with Gasteiger partial charge in [-0.3, -0.25) is 0 Å². The molecule has 0 spiro atoms. The van der Waals surface area contributed by atoms with Crippen molar-refractivity contribution in [3.63, 3.8) is 0 Å². The first-order valence-corrected chi connectivity index (χ1v) is 8.90. The van der Waals surface area contributed by atoms with Gasteiger partial charge in [-0.05, 0) is 36.3 Å².